The molecule has 5 heteroatoms. The van der Waals surface area contributed by atoms with Gasteiger partial charge in [0.1, 0.15) is 14.5 Å². The van der Waals surface area contributed by atoms with Crippen molar-refractivity contribution in [2.24, 2.45) is 0 Å². The fraction of sp³-hybridized carbons (Fsp3) is 0.245. The highest BCUT2D eigenvalue weighted by Crippen LogP contribution is 2.65. The highest BCUT2D eigenvalue weighted by molar-refractivity contribution is 8.12. The summed E-state index contributed by atoms with van der Waals surface area (Å²) >= 11 is 0. The van der Waals surface area contributed by atoms with Crippen molar-refractivity contribution in [2.75, 3.05) is 0 Å². The zero-order valence-corrected chi connectivity index (χ0v) is 35.6. The standard InChI is InChI=1S/C49H50N2OP2/c1-27-19-31(5)43(32(6)20-27)39-15-13-16-40(44-33(7)21-28(2)22-34(44)8)47(39)50-49(52)53-51(54(50)53)48-41(45-35(9)23-29(3)24-36(45)10)17-14-18-42(48)46-37(11)25-30(4)26-38(46)12/h13-26H,1-12H3. The smallest absolute Gasteiger partial charge is 0.261 e. The number of hydrogen-bond donors (Lipinski definition) is 0. The number of hydrogen-bond acceptors (Lipinski definition) is 1. The quantitative estimate of drug-likeness (QED) is 0.167. The Bertz CT molecular complexity index is 2620. The number of fused-ring (bicyclic) bond motifs is 1. The minimum atomic E-state index is -0.997. The lowest BCUT2D eigenvalue weighted by Gasteiger charge is -2.22. The molecule has 0 fully saturated rings. The predicted octanol–water partition coefficient (Wildman–Crippen LogP) is 14.2. The summed E-state index contributed by atoms with van der Waals surface area (Å²) in [6, 6.07) is 31.8. The Kier molecular flexibility index (Phi) is 8.84. The Morgan fingerprint density at radius 2 is 0.648 bits per heavy atom. The van der Waals surface area contributed by atoms with E-state index in [1.165, 1.54) is 106 Å². The van der Waals surface area contributed by atoms with E-state index in [4.69, 9.17) is 0 Å². The third-order valence-electron chi connectivity index (χ3n) is 11.3. The molecule has 2 unspecified atom stereocenters. The molecule has 2 heterocycles. The van der Waals surface area contributed by atoms with E-state index in [0.29, 0.717) is 0 Å². The largest absolute Gasteiger partial charge is 0.304 e. The minimum Gasteiger partial charge on any atom is -0.261 e. The van der Waals surface area contributed by atoms with Crippen molar-refractivity contribution in [1.29, 1.82) is 0 Å². The van der Waals surface area contributed by atoms with Crippen LogP contribution in [0.1, 0.15) is 66.8 Å². The summed E-state index contributed by atoms with van der Waals surface area (Å²) in [4.78, 5) is 15.0. The Labute approximate surface area is 322 Å². The fourth-order valence-electron chi connectivity index (χ4n) is 9.70. The van der Waals surface area contributed by atoms with Crippen LogP contribution < -0.4 is 5.29 Å². The Morgan fingerprint density at radius 1 is 0.389 bits per heavy atom. The van der Waals surface area contributed by atoms with Gasteiger partial charge in [0, 0.05) is 22.3 Å². The summed E-state index contributed by atoms with van der Waals surface area (Å²) in [5, 5.41) is 0.255. The van der Waals surface area contributed by atoms with Gasteiger partial charge in [0.2, 0.25) is 0 Å². The monoisotopic (exact) mass is 744 g/mol. The molecule has 272 valence electrons. The van der Waals surface area contributed by atoms with Crippen LogP contribution in [-0.2, 0) is 0 Å². The van der Waals surface area contributed by atoms with E-state index in [0.717, 1.165) is 16.8 Å². The van der Waals surface area contributed by atoms with Crippen LogP contribution in [0.25, 0.3) is 55.9 Å². The molecule has 8 rings (SSSR count). The van der Waals surface area contributed by atoms with Gasteiger partial charge in [-0.25, -0.2) is 4.33 Å². The molecule has 0 saturated carbocycles. The van der Waals surface area contributed by atoms with Crippen LogP contribution in [0.3, 0.4) is 0 Å². The lowest BCUT2D eigenvalue weighted by atomic mass is 9.87. The van der Waals surface area contributed by atoms with Crippen molar-refractivity contribution in [3.05, 3.63) is 162 Å². The van der Waals surface area contributed by atoms with Crippen molar-refractivity contribution in [1.82, 2.24) is 8.42 Å². The molecule has 0 saturated heterocycles. The topological polar surface area (TPSA) is 26.9 Å². The van der Waals surface area contributed by atoms with Gasteiger partial charge >= 0.3 is 5.29 Å². The van der Waals surface area contributed by atoms with Crippen LogP contribution in [0, 0.1) is 83.1 Å². The average molecular weight is 745 g/mol. The van der Waals surface area contributed by atoms with E-state index in [1.54, 1.807) is 0 Å². The normalized spacial score (nSPS) is 12.4. The first kappa shape index (κ1) is 36.2. The van der Waals surface area contributed by atoms with Gasteiger partial charge in [0.05, 0.1) is 11.4 Å². The minimum absolute atomic E-state index is 0.255. The first-order chi connectivity index (χ1) is 25.7. The van der Waals surface area contributed by atoms with Crippen LogP contribution >= 0.6 is 14.5 Å². The van der Waals surface area contributed by atoms with Crippen LogP contribution in [0.5, 0.6) is 0 Å². The zero-order chi connectivity index (χ0) is 38.5. The average Bonchev–Trinajstić information content (AvgIpc) is 3.73. The summed E-state index contributed by atoms with van der Waals surface area (Å²) in [5.41, 5.74) is 27.1. The molecular weight excluding hydrogens is 694 g/mol. The summed E-state index contributed by atoms with van der Waals surface area (Å²) in [6.07, 6.45) is 0. The summed E-state index contributed by atoms with van der Waals surface area (Å²) in [5.74, 6) is 0. The molecule has 0 radical (unpaired) electrons. The molecule has 0 amide bonds. The van der Waals surface area contributed by atoms with E-state index in [9.17, 15) is 4.79 Å². The van der Waals surface area contributed by atoms with Gasteiger partial charge in [-0.1, -0.05) is 107 Å². The third kappa shape index (κ3) is 5.68. The third-order valence-corrected chi connectivity index (χ3v) is 17.5. The first-order valence-electron chi connectivity index (χ1n) is 19.0. The molecule has 6 aromatic carbocycles. The fourth-order valence-corrected chi connectivity index (χ4v) is 16.3. The number of rotatable bonds is 6. The van der Waals surface area contributed by atoms with Crippen LogP contribution in [0.15, 0.2) is 89.7 Å². The SMILES string of the molecule is Cc1cc(C)c(-c2cccc(-c3c(C)cc(C)cc3C)c2-n2c(=O)p3n(-c4c(-c5c(C)cc(C)cc5C)cccc4-c4c(C)cc(C)cc4C)p23)c(C)c1. The molecule has 0 aliphatic carbocycles. The second-order valence-electron chi connectivity index (χ2n) is 15.9. The molecule has 0 aliphatic heterocycles. The van der Waals surface area contributed by atoms with Crippen LogP contribution in [0.4, 0.5) is 0 Å². The Morgan fingerprint density at radius 3 is 0.926 bits per heavy atom. The lowest BCUT2D eigenvalue weighted by Crippen LogP contribution is -2.15. The predicted molar refractivity (Wildman–Crippen MR) is 235 cm³/mol. The maximum absolute atomic E-state index is 15.0. The summed E-state index contributed by atoms with van der Waals surface area (Å²) < 4.78 is 4.78. The molecule has 2 aromatic heterocycles. The molecule has 8 aromatic rings. The molecule has 0 spiro atoms. The number of aromatic nitrogens is 2. The maximum Gasteiger partial charge on any atom is 0.304 e. The van der Waals surface area contributed by atoms with E-state index in [1.807, 2.05) is 0 Å². The molecule has 0 aliphatic rings. The van der Waals surface area contributed by atoms with Gasteiger partial charge in [-0.2, -0.15) is 0 Å². The van der Waals surface area contributed by atoms with Crippen LogP contribution in [0.2, 0.25) is 0 Å². The van der Waals surface area contributed by atoms with E-state index >= 15 is 0 Å². The van der Waals surface area contributed by atoms with Gasteiger partial charge in [-0.15, -0.1) is 0 Å². The van der Waals surface area contributed by atoms with E-state index in [2.05, 4.69) is 176 Å². The molecule has 3 nitrogen and oxygen atoms in total. The number of nitrogens with zero attached hydrogens (tertiary/aromatic N) is 2. The van der Waals surface area contributed by atoms with Crippen molar-refractivity contribution in [2.45, 2.75) is 83.1 Å². The van der Waals surface area contributed by atoms with Gasteiger partial charge in [-0.05, 0) is 150 Å². The lowest BCUT2D eigenvalue weighted by molar-refractivity contribution is 1.15. The number of aryl methyl sites for hydroxylation is 12. The molecule has 2 atom stereocenters. The Balaban J connectivity index is 1.48. The maximum atomic E-state index is 15.0. The number of para-hydroxylation sites is 2. The molecule has 0 N–H and O–H groups in total. The van der Waals surface area contributed by atoms with Gasteiger partial charge in [0.25, 0.3) is 0 Å². The molecule has 0 bridgehead atoms. The molecular formula is C49H50N2OP2. The summed E-state index contributed by atoms with van der Waals surface area (Å²) in [7, 11) is -1.91. The van der Waals surface area contributed by atoms with Crippen molar-refractivity contribution in [3.63, 3.8) is 0 Å². The first-order valence-corrected chi connectivity index (χ1v) is 22.3. The van der Waals surface area contributed by atoms with Gasteiger partial charge in [0.15, 0.2) is 0 Å². The van der Waals surface area contributed by atoms with E-state index in [-0.39, 0.29) is 5.29 Å². The van der Waals surface area contributed by atoms with Crippen LogP contribution in [-0.4, -0.2) is 8.42 Å². The van der Waals surface area contributed by atoms with Crippen molar-refractivity contribution < 1.29 is 0 Å². The number of benzene rings is 6. The zero-order valence-electron chi connectivity index (χ0n) is 33.8. The highest BCUT2D eigenvalue weighted by atomic mass is 31.9. The van der Waals surface area contributed by atoms with Gasteiger partial charge in [-0.3, -0.25) is 8.89 Å². The second kappa shape index (κ2) is 13.2. The van der Waals surface area contributed by atoms with Crippen molar-refractivity contribution in [3.8, 4) is 55.9 Å². The highest BCUT2D eigenvalue weighted by Gasteiger charge is 2.36. The Hall–Kier alpha value is -4.81. The van der Waals surface area contributed by atoms with E-state index < -0.39 is 14.5 Å². The van der Waals surface area contributed by atoms with Gasteiger partial charge < -0.3 is 0 Å². The van der Waals surface area contributed by atoms with Crippen molar-refractivity contribution >= 4 is 14.5 Å². The second-order valence-corrected chi connectivity index (χ2v) is 21.2. The summed E-state index contributed by atoms with van der Waals surface area (Å²) in [6.45, 7) is 26.5. The molecule has 54 heavy (non-hydrogen) atoms.